The zero-order valence-electron chi connectivity index (χ0n) is 11.6. The molecule has 0 aromatic carbocycles. The Morgan fingerprint density at radius 1 is 1.28 bits per heavy atom. The maximum atomic E-state index is 6.19. The lowest BCUT2D eigenvalue weighted by Gasteiger charge is -2.47. The Balaban J connectivity index is 1.75. The average molecular weight is 250 g/mol. The van der Waals surface area contributed by atoms with Crippen LogP contribution in [0.1, 0.15) is 45.4 Å². The summed E-state index contributed by atoms with van der Waals surface area (Å²) in [6, 6.07) is 0.671. The first-order chi connectivity index (χ1) is 8.75. The van der Waals surface area contributed by atoms with E-state index in [4.69, 9.17) is 5.73 Å². The fourth-order valence-electron chi connectivity index (χ4n) is 4.04. The molecule has 0 bridgehead atoms. The van der Waals surface area contributed by atoms with Crippen molar-refractivity contribution in [3.63, 3.8) is 0 Å². The summed E-state index contributed by atoms with van der Waals surface area (Å²) < 4.78 is 0. The molecule has 2 aliphatic heterocycles. The Hall–Kier alpha value is -0.770. The van der Waals surface area contributed by atoms with Crippen LogP contribution in [0.2, 0.25) is 0 Å². The lowest BCUT2D eigenvalue weighted by Crippen LogP contribution is -2.60. The quantitative estimate of drug-likeness (QED) is 0.806. The van der Waals surface area contributed by atoms with E-state index in [2.05, 4.69) is 21.7 Å². The van der Waals surface area contributed by atoms with Crippen molar-refractivity contribution in [2.24, 2.45) is 10.7 Å². The number of hydrogen-bond donors (Lipinski definition) is 1. The summed E-state index contributed by atoms with van der Waals surface area (Å²) >= 11 is 0. The standard InChI is InChI=1S/C14H26N4/c1-2-17-9-7-14(8-10-17)11-16-13(15)18(14)12-5-3-4-6-12/h12H,2-11H2,1H3,(H2,15,16). The number of aliphatic imine (C=N–C) groups is 1. The lowest BCUT2D eigenvalue weighted by molar-refractivity contribution is 0.0648. The van der Waals surface area contributed by atoms with Gasteiger partial charge < -0.3 is 15.5 Å². The molecule has 1 saturated carbocycles. The Labute approximate surface area is 110 Å². The summed E-state index contributed by atoms with van der Waals surface area (Å²) in [5.74, 6) is 0.826. The number of hydrogen-bond acceptors (Lipinski definition) is 4. The van der Waals surface area contributed by atoms with E-state index in [1.54, 1.807) is 0 Å². The Bertz CT molecular complexity index is 325. The summed E-state index contributed by atoms with van der Waals surface area (Å²) in [5.41, 5.74) is 6.46. The second-order valence-electron chi connectivity index (χ2n) is 6.14. The summed E-state index contributed by atoms with van der Waals surface area (Å²) in [6.07, 6.45) is 7.84. The van der Waals surface area contributed by atoms with Crippen LogP contribution in [0.25, 0.3) is 0 Å². The molecule has 2 N–H and O–H groups in total. The van der Waals surface area contributed by atoms with E-state index in [0.29, 0.717) is 6.04 Å². The molecule has 1 spiro atoms. The first-order valence-electron chi connectivity index (χ1n) is 7.57. The van der Waals surface area contributed by atoms with Crippen LogP contribution < -0.4 is 5.73 Å². The van der Waals surface area contributed by atoms with E-state index < -0.39 is 0 Å². The number of nitrogens with zero attached hydrogens (tertiary/aromatic N) is 3. The average Bonchev–Trinajstić information content (AvgIpc) is 3.00. The highest BCUT2D eigenvalue weighted by atomic mass is 15.4. The van der Waals surface area contributed by atoms with Gasteiger partial charge in [0.15, 0.2) is 5.96 Å². The molecule has 1 aliphatic carbocycles. The highest BCUT2D eigenvalue weighted by molar-refractivity contribution is 5.81. The van der Waals surface area contributed by atoms with Crippen molar-refractivity contribution in [3.8, 4) is 0 Å². The van der Waals surface area contributed by atoms with Crippen molar-refractivity contribution in [2.75, 3.05) is 26.2 Å². The molecule has 0 atom stereocenters. The third kappa shape index (κ3) is 1.91. The minimum Gasteiger partial charge on any atom is -0.370 e. The van der Waals surface area contributed by atoms with Gasteiger partial charge in [-0.15, -0.1) is 0 Å². The number of nitrogens with two attached hydrogens (primary N) is 1. The summed E-state index contributed by atoms with van der Waals surface area (Å²) in [4.78, 5) is 9.66. The van der Waals surface area contributed by atoms with Gasteiger partial charge in [-0.1, -0.05) is 19.8 Å². The van der Waals surface area contributed by atoms with Gasteiger partial charge in [-0.25, -0.2) is 0 Å². The molecule has 4 heteroatoms. The van der Waals surface area contributed by atoms with Crippen LogP contribution in [0.3, 0.4) is 0 Å². The fourth-order valence-corrected chi connectivity index (χ4v) is 4.04. The van der Waals surface area contributed by atoms with Crippen LogP contribution >= 0.6 is 0 Å². The van der Waals surface area contributed by atoms with Gasteiger partial charge in [-0.2, -0.15) is 0 Å². The van der Waals surface area contributed by atoms with Gasteiger partial charge in [0.2, 0.25) is 0 Å². The largest absolute Gasteiger partial charge is 0.370 e. The van der Waals surface area contributed by atoms with Crippen molar-refractivity contribution in [2.45, 2.75) is 57.0 Å². The highest BCUT2D eigenvalue weighted by Gasteiger charge is 2.47. The first-order valence-corrected chi connectivity index (χ1v) is 7.57. The molecule has 4 nitrogen and oxygen atoms in total. The highest BCUT2D eigenvalue weighted by Crippen LogP contribution is 2.38. The second kappa shape index (κ2) is 4.72. The van der Waals surface area contributed by atoms with Crippen molar-refractivity contribution in [1.29, 1.82) is 0 Å². The third-order valence-corrected chi connectivity index (χ3v) is 5.22. The molecule has 3 aliphatic rings. The van der Waals surface area contributed by atoms with Crippen LogP contribution in [0, 0.1) is 0 Å². The first kappa shape index (κ1) is 12.3. The molecule has 0 radical (unpaired) electrons. The number of guanidine groups is 1. The van der Waals surface area contributed by atoms with Gasteiger partial charge in [0.05, 0.1) is 12.1 Å². The minimum atomic E-state index is 0.269. The van der Waals surface area contributed by atoms with Crippen molar-refractivity contribution >= 4 is 5.96 Å². The zero-order chi connectivity index (χ0) is 12.6. The van der Waals surface area contributed by atoms with Gasteiger partial charge in [-0.05, 0) is 32.2 Å². The molecule has 0 aromatic rings. The van der Waals surface area contributed by atoms with Crippen molar-refractivity contribution in [3.05, 3.63) is 0 Å². The normalized spacial score (nSPS) is 29.2. The Morgan fingerprint density at radius 3 is 2.56 bits per heavy atom. The number of likely N-dealkylation sites (tertiary alicyclic amines) is 1. The maximum absolute atomic E-state index is 6.19. The van der Waals surface area contributed by atoms with E-state index in [-0.39, 0.29) is 5.54 Å². The Morgan fingerprint density at radius 2 is 1.94 bits per heavy atom. The smallest absolute Gasteiger partial charge is 0.192 e. The van der Waals surface area contributed by atoms with Crippen LogP contribution in [-0.4, -0.2) is 53.5 Å². The van der Waals surface area contributed by atoms with Crippen LogP contribution in [0.5, 0.6) is 0 Å². The van der Waals surface area contributed by atoms with E-state index in [0.717, 1.165) is 12.5 Å². The molecule has 1 saturated heterocycles. The van der Waals surface area contributed by atoms with Gasteiger partial charge in [0.1, 0.15) is 0 Å². The van der Waals surface area contributed by atoms with E-state index >= 15 is 0 Å². The number of rotatable bonds is 2. The van der Waals surface area contributed by atoms with Gasteiger partial charge >= 0.3 is 0 Å². The van der Waals surface area contributed by atoms with Gasteiger partial charge in [0.25, 0.3) is 0 Å². The number of piperidine rings is 1. The van der Waals surface area contributed by atoms with E-state index in [1.165, 1.54) is 58.2 Å². The Kier molecular flexibility index (Phi) is 3.22. The molecule has 2 heterocycles. The van der Waals surface area contributed by atoms with Crippen LogP contribution in [0.4, 0.5) is 0 Å². The zero-order valence-corrected chi connectivity index (χ0v) is 11.6. The minimum absolute atomic E-state index is 0.269. The van der Waals surface area contributed by atoms with Gasteiger partial charge in [0, 0.05) is 19.1 Å². The fraction of sp³-hybridized carbons (Fsp3) is 0.929. The molecular formula is C14H26N4. The van der Waals surface area contributed by atoms with Crippen molar-refractivity contribution in [1.82, 2.24) is 9.80 Å². The maximum Gasteiger partial charge on any atom is 0.192 e. The monoisotopic (exact) mass is 250 g/mol. The SMILES string of the molecule is CCN1CCC2(CC1)CN=C(N)N2C1CCCC1. The van der Waals surface area contributed by atoms with Crippen LogP contribution in [0.15, 0.2) is 4.99 Å². The molecule has 18 heavy (non-hydrogen) atoms. The molecule has 2 fully saturated rings. The molecule has 0 aromatic heterocycles. The third-order valence-electron chi connectivity index (χ3n) is 5.22. The molecule has 0 unspecified atom stereocenters. The van der Waals surface area contributed by atoms with Gasteiger partial charge in [-0.3, -0.25) is 4.99 Å². The predicted molar refractivity (Wildman–Crippen MR) is 74.7 cm³/mol. The van der Waals surface area contributed by atoms with E-state index in [1.807, 2.05) is 0 Å². The predicted octanol–water partition coefficient (Wildman–Crippen LogP) is 1.41. The lowest BCUT2D eigenvalue weighted by atomic mass is 9.85. The second-order valence-corrected chi connectivity index (χ2v) is 6.14. The summed E-state index contributed by atoms with van der Waals surface area (Å²) in [7, 11) is 0. The molecule has 0 amide bonds. The summed E-state index contributed by atoms with van der Waals surface area (Å²) in [5, 5.41) is 0. The molecule has 3 rings (SSSR count). The van der Waals surface area contributed by atoms with Crippen LogP contribution in [-0.2, 0) is 0 Å². The van der Waals surface area contributed by atoms with E-state index in [9.17, 15) is 0 Å². The molecular weight excluding hydrogens is 224 g/mol. The van der Waals surface area contributed by atoms with Crippen molar-refractivity contribution < 1.29 is 0 Å². The summed E-state index contributed by atoms with van der Waals surface area (Å²) in [6.45, 7) is 6.79. The molecule has 102 valence electrons. The topological polar surface area (TPSA) is 44.9 Å².